The molecule has 138 valence electrons. The van der Waals surface area contributed by atoms with Gasteiger partial charge in [-0.05, 0) is 36.6 Å². The van der Waals surface area contributed by atoms with Gasteiger partial charge in [0.25, 0.3) is 5.91 Å². The number of aromatic nitrogens is 4. The van der Waals surface area contributed by atoms with E-state index in [4.69, 9.17) is 0 Å². The molecule has 4 heterocycles. The molecule has 3 aromatic heterocycles. The van der Waals surface area contributed by atoms with Crippen molar-refractivity contribution in [2.75, 3.05) is 6.54 Å². The third-order valence-corrected chi connectivity index (χ3v) is 5.30. The first kappa shape index (κ1) is 16.6. The minimum Gasteiger partial charge on any atom is -0.330 e. The van der Waals surface area contributed by atoms with E-state index in [1.54, 1.807) is 24.5 Å². The highest BCUT2D eigenvalue weighted by Crippen LogP contribution is 2.34. The van der Waals surface area contributed by atoms with Crippen molar-refractivity contribution < 1.29 is 4.79 Å². The fraction of sp³-hybridized carbons (Fsp3) is 0.182. The standard InChI is InChI=1S/C22H19N5O/c28-22(17-10-12-23-13-11-17)26-14-4-7-19(26)21-20-9-8-18(15-27(20)25-24-21)16-5-2-1-3-6-16/h1-3,5-6,8-13,15,19H,4,7,14H2. The Morgan fingerprint density at radius 3 is 2.61 bits per heavy atom. The highest BCUT2D eigenvalue weighted by molar-refractivity contribution is 5.94. The molecule has 1 aliphatic rings. The van der Waals surface area contributed by atoms with Crippen LogP contribution in [-0.4, -0.2) is 37.2 Å². The minimum atomic E-state index is -0.0549. The fourth-order valence-corrected chi connectivity index (χ4v) is 3.91. The summed E-state index contributed by atoms with van der Waals surface area (Å²) in [6.45, 7) is 0.729. The highest BCUT2D eigenvalue weighted by atomic mass is 16.2. The second-order valence-corrected chi connectivity index (χ2v) is 6.98. The van der Waals surface area contributed by atoms with Crippen LogP contribution in [0.4, 0.5) is 0 Å². The summed E-state index contributed by atoms with van der Waals surface area (Å²) in [6, 6.07) is 17.8. The number of likely N-dealkylation sites (tertiary alicyclic amines) is 1. The number of benzene rings is 1. The van der Waals surface area contributed by atoms with E-state index < -0.39 is 0 Å². The van der Waals surface area contributed by atoms with Crippen molar-refractivity contribution in [3.05, 3.63) is 84.4 Å². The molecule has 0 aliphatic carbocycles. The molecule has 5 rings (SSSR count). The average molecular weight is 369 g/mol. The summed E-state index contributed by atoms with van der Waals surface area (Å²) in [7, 11) is 0. The van der Waals surface area contributed by atoms with Crippen LogP contribution in [0, 0.1) is 0 Å². The van der Waals surface area contributed by atoms with Crippen molar-refractivity contribution in [1.82, 2.24) is 24.7 Å². The molecule has 4 aromatic rings. The maximum Gasteiger partial charge on any atom is 0.254 e. The van der Waals surface area contributed by atoms with E-state index in [-0.39, 0.29) is 11.9 Å². The molecule has 0 spiro atoms. The predicted octanol–water partition coefficient (Wildman–Crippen LogP) is 3.77. The molecule has 1 fully saturated rings. The molecule has 0 bridgehead atoms. The summed E-state index contributed by atoms with van der Waals surface area (Å²) in [6.07, 6.45) is 7.15. The minimum absolute atomic E-state index is 0.0203. The lowest BCUT2D eigenvalue weighted by Crippen LogP contribution is -2.30. The zero-order chi connectivity index (χ0) is 18.9. The van der Waals surface area contributed by atoms with Crippen LogP contribution in [0.2, 0.25) is 0 Å². The van der Waals surface area contributed by atoms with Crippen LogP contribution in [0.5, 0.6) is 0 Å². The molecule has 1 atom stereocenters. The molecule has 1 amide bonds. The van der Waals surface area contributed by atoms with Crippen LogP contribution in [0.3, 0.4) is 0 Å². The summed E-state index contributed by atoms with van der Waals surface area (Å²) in [5.41, 5.74) is 4.68. The number of nitrogens with zero attached hydrogens (tertiary/aromatic N) is 5. The van der Waals surface area contributed by atoms with Gasteiger partial charge >= 0.3 is 0 Å². The maximum absolute atomic E-state index is 13.0. The first-order valence-corrected chi connectivity index (χ1v) is 9.42. The summed E-state index contributed by atoms with van der Waals surface area (Å²) in [5.74, 6) is 0.0203. The van der Waals surface area contributed by atoms with Crippen molar-refractivity contribution in [2.45, 2.75) is 18.9 Å². The monoisotopic (exact) mass is 369 g/mol. The third kappa shape index (κ3) is 2.83. The van der Waals surface area contributed by atoms with E-state index in [1.165, 1.54) is 0 Å². The number of carbonyl (C=O) groups excluding carboxylic acids is 1. The first-order chi connectivity index (χ1) is 13.8. The molecule has 0 saturated carbocycles. The topological polar surface area (TPSA) is 63.4 Å². The molecule has 6 nitrogen and oxygen atoms in total. The predicted molar refractivity (Wildman–Crippen MR) is 106 cm³/mol. The van der Waals surface area contributed by atoms with Gasteiger partial charge in [0.1, 0.15) is 5.69 Å². The van der Waals surface area contributed by atoms with Gasteiger partial charge in [0, 0.05) is 36.3 Å². The summed E-state index contributed by atoms with van der Waals surface area (Å²) < 4.78 is 1.81. The van der Waals surface area contributed by atoms with Crippen LogP contribution in [0.25, 0.3) is 16.6 Å². The Labute approximate surface area is 162 Å². The number of carbonyl (C=O) groups is 1. The average Bonchev–Trinajstić information content (AvgIpc) is 3.40. The van der Waals surface area contributed by atoms with Crippen molar-refractivity contribution in [1.29, 1.82) is 0 Å². The van der Waals surface area contributed by atoms with Gasteiger partial charge in [-0.1, -0.05) is 41.6 Å². The van der Waals surface area contributed by atoms with Crippen LogP contribution < -0.4 is 0 Å². The Morgan fingerprint density at radius 1 is 0.964 bits per heavy atom. The smallest absolute Gasteiger partial charge is 0.254 e. The van der Waals surface area contributed by atoms with Crippen molar-refractivity contribution in [3.8, 4) is 11.1 Å². The Morgan fingerprint density at radius 2 is 1.79 bits per heavy atom. The van der Waals surface area contributed by atoms with Gasteiger partial charge in [-0.25, -0.2) is 4.52 Å². The molecule has 28 heavy (non-hydrogen) atoms. The number of fused-ring (bicyclic) bond motifs is 1. The largest absolute Gasteiger partial charge is 0.330 e. The second kappa shape index (κ2) is 6.88. The fourth-order valence-electron chi connectivity index (χ4n) is 3.91. The van der Waals surface area contributed by atoms with Crippen molar-refractivity contribution >= 4 is 11.4 Å². The van der Waals surface area contributed by atoms with E-state index in [1.807, 2.05) is 39.9 Å². The van der Waals surface area contributed by atoms with Gasteiger partial charge in [-0.15, -0.1) is 5.10 Å². The van der Waals surface area contributed by atoms with Crippen molar-refractivity contribution in [2.24, 2.45) is 0 Å². The molecule has 0 radical (unpaired) electrons. The maximum atomic E-state index is 13.0. The van der Waals surface area contributed by atoms with Gasteiger partial charge in [0.05, 0.1) is 11.6 Å². The van der Waals surface area contributed by atoms with Gasteiger partial charge in [-0.2, -0.15) is 0 Å². The third-order valence-electron chi connectivity index (χ3n) is 5.30. The van der Waals surface area contributed by atoms with E-state index in [0.717, 1.165) is 41.7 Å². The molecule has 1 aromatic carbocycles. The van der Waals surface area contributed by atoms with Gasteiger partial charge < -0.3 is 4.90 Å². The summed E-state index contributed by atoms with van der Waals surface area (Å²) in [5, 5.41) is 8.78. The Kier molecular flexibility index (Phi) is 4.09. The van der Waals surface area contributed by atoms with Crippen molar-refractivity contribution in [3.63, 3.8) is 0 Å². The molecular weight excluding hydrogens is 350 g/mol. The number of pyridine rings is 2. The molecule has 1 saturated heterocycles. The number of hydrogen-bond acceptors (Lipinski definition) is 4. The molecule has 0 N–H and O–H groups in total. The quantitative estimate of drug-likeness (QED) is 0.551. The lowest BCUT2D eigenvalue weighted by Gasteiger charge is -2.23. The summed E-state index contributed by atoms with van der Waals surface area (Å²) in [4.78, 5) is 18.9. The lowest BCUT2D eigenvalue weighted by molar-refractivity contribution is 0.0733. The van der Waals surface area contributed by atoms with E-state index in [2.05, 4.69) is 33.5 Å². The SMILES string of the molecule is O=C(c1ccncc1)N1CCCC1c1nnn2cc(-c3ccccc3)ccc12. The van der Waals surface area contributed by atoms with E-state index in [9.17, 15) is 4.79 Å². The van der Waals surface area contributed by atoms with Crippen LogP contribution >= 0.6 is 0 Å². The van der Waals surface area contributed by atoms with Gasteiger partial charge in [0.2, 0.25) is 0 Å². The number of hydrogen-bond donors (Lipinski definition) is 0. The summed E-state index contributed by atoms with van der Waals surface area (Å²) >= 11 is 0. The van der Waals surface area contributed by atoms with Gasteiger partial charge in [-0.3, -0.25) is 9.78 Å². The molecule has 6 heteroatoms. The molecule has 1 aliphatic heterocycles. The lowest BCUT2D eigenvalue weighted by atomic mass is 10.1. The van der Waals surface area contributed by atoms with Gasteiger partial charge in [0.15, 0.2) is 0 Å². The van der Waals surface area contributed by atoms with E-state index in [0.29, 0.717) is 5.56 Å². The molecular formula is C22H19N5O. The first-order valence-electron chi connectivity index (χ1n) is 9.42. The van der Waals surface area contributed by atoms with Crippen LogP contribution in [-0.2, 0) is 0 Å². The van der Waals surface area contributed by atoms with Crippen LogP contribution in [0.15, 0.2) is 73.2 Å². The second-order valence-electron chi connectivity index (χ2n) is 6.98. The Balaban J connectivity index is 1.49. The Hall–Kier alpha value is -3.54. The number of amides is 1. The van der Waals surface area contributed by atoms with E-state index >= 15 is 0 Å². The van der Waals surface area contributed by atoms with Crippen LogP contribution in [0.1, 0.15) is 34.9 Å². The highest BCUT2D eigenvalue weighted by Gasteiger charge is 2.33. The number of rotatable bonds is 3. The molecule has 1 unspecified atom stereocenters. The normalized spacial score (nSPS) is 16.6. The Bertz CT molecular complexity index is 1120. The zero-order valence-electron chi connectivity index (χ0n) is 15.3. The zero-order valence-corrected chi connectivity index (χ0v) is 15.3.